The highest BCUT2D eigenvalue weighted by Gasteiger charge is 2.26. The van der Waals surface area contributed by atoms with Crippen molar-refractivity contribution in [1.82, 2.24) is 10.6 Å². The van der Waals surface area contributed by atoms with Crippen LogP contribution in [0.15, 0.2) is 48.8 Å². The molecule has 6 heteroatoms. The first-order valence-electron chi connectivity index (χ1n) is 17.2. The molecule has 0 heterocycles. The molecule has 0 radical (unpaired) electrons. The Morgan fingerprint density at radius 1 is 0.884 bits per heavy atom. The summed E-state index contributed by atoms with van der Waals surface area (Å²) in [5.41, 5.74) is 1.34. The van der Waals surface area contributed by atoms with Crippen LogP contribution in [0.2, 0.25) is 0 Å². The first kappa shape index (κ1) is 41.1. The van der Waals surface area contributed by atoms with E-state index in [0.717, 1.165) is 96.0 Å². The molecule has 2 atom stereocenters. The first-order chi connectivity index (χ1) is 20.7. The van der Waals surface area contributed by atoms with Crippen LogP contribution >= 0.6 is 0 Å². The van der Waals surface area contributed by atoms with Gasteiger partial charge in [0.1, 0.15) is 5.75 Å². The number of ether oxygens (including phenoxy) is 1. The van der Waals surface area contributed by atoms with E-state index in [-0.39, 0.29) is 24.5 Å². The number of rotatable bonds is 26. The van der Waals surface area contributed by atoms with E-state index in [1.54, 1.807) is 0 Å². The summed E-state index contributed by atoms with van der Waals surface area (Å²) in [7, 11) is 3.99. The van der Waals surface area contributed by atoms with Gasteiger partial charge < -0.3 is 20.5 Å². The van der Waals surface area contributed by atoms with Crippen LogP contribution in [0.3, 0.4) is 0 Å². The lowest BCUT2D eigenvalue weighted by atomic mass is 10.00. The van der Waals surface area contributed by atoms with E-state index >= 15 is 0 Å². The molecule has 0 aliphatic carbocycles. The summed E-state index contributed by atoms with van der Waals surface area (Å²) in [5, 5.41) is 15.9. The zero-order valence-electron chi connectivity index (χ0n) is 28.4. The van der Waals surface area contributed by atoms with Crippen molar-refractivity contribution < 1.29 is 18.6 Å². The van der Waals surface area contributed by atoms with Crippen LogP contribution in [0.25, 0.3) is 0 Å². The van der Waals surface area contributed by atoms with Gasteiger partial charge in [-0.1, -0.05) is 96.6 Å². The van der Waals surface area contributed by atoms with Gasteiger partial charge in [-0.15, -0.1) is 0 Å². The standard InChI is InChI=1S/C22H40F2O.C15H26N2O/c1-4-6-7-12-15-18-22(23,24)19-16-13-10-8-9-11-14-17-21(5-2)20(3)25;1-4-5-10-18-15-8-6-13(7-9-15)11-14(17-3)12-16-2/h11,14,21,25H,3-10,12-13,15-19H2,1-2H3;6-9,14,16-17H,4-5,10-12H2,1-3H3/b14-11+;. The number of unbranched alkanes of at least 4 members (excludes halogenated alkanes) is 9. The van der Waals surface area contributed by atoms with Crippen LogP contribution in [0.1, 0.15) is 129 Å². The third-order valence-electron chi connectivity index (χ3n) is 7.89. The number of allylic oxidation sites excluding steroid dienone is 3. The molecule has 0 spiro atoms. The normalized spacial score (nSPS) is 13.0. The summed E-state index contributed by atoms with van der Waals surface area (Å²) < 4.78 is 33.1. The lowest BCUT2D eigenvalue weighted by molar-refractivity contribution is -0.0206. The Kier molecular flexibility index (Phi) is 26.4. The molecule has 4 nitrogen and oxygen atoms in total. The van der Waals surface area contributed by atoms with Gasteiger partial charge in [0.2, 0.25) is 5.92 Å². The SMILES string of the molecule is C=C(O)C(CC)C/C=C/CCCCCCC(F)(F)CCCCCCC.CCCCOc1ccc(CC(CNC)NC)cc1. The minimum absolute atomic E-state index is 0.0490. The molecular weight excluding hydrogens is 542 g/mol. The number of benzene rings is 1. The van der Waals surface area contributed by atoms with E-state index < -0.39 is 5.92 Å². The van der Waals surface area contributed by atoms with Gasteiger partial charge >= 0.3 is 0 Å². The number of alkyl halides is 2. The summed E-state index contributed by atoms with van der Waals surface area (Å²) in [5.74, 6) is -1.07. The molecule has 0 fully saturated rings. The van der Waals surface area contributed by atoms with Crippen molar-refractivity contribution in [3.63, 3.8) is 0 Å². The summed E-state index contributed by atoms with van der Waals surface area (Å²) in [6.45, 7) is 11.7. The summed E-state index contributed by atoms with van der Waals surface area (Å²) in [4.78, 5) is 0. The lowest BCUT2D eigenvalue weighted by Crippen LogP contribution is -2.36. The first-order valence-corrected chi connectivity index (χ1v) is 17.2. The van der Waals surface area contributed by atoms with Crippen LogP contribution in [0.4, 0.5) is 8.78 Å². The third-order valence-corrected chi connectivity index (χ3v) is 7.89. The molecule has 3 N–H and O–H groups in total. The molecule has 0 aliphatic rings. The van der Waals surface area contributed by atoms with Gasteiger partial charge in [-0.25, -0.2) is 8.78 Å². The molecular formula is C37H66F2N2O2. The molecule has 250 valence electrons. The van der Waals surface area contributed by atoms with Crippen molar-refractivity contribution in [1.29, 1.82) is 0 Å². The van der Waals surface area contributed by atoms with Crippen molar-refractivity contribution in [2.75, 3.05) is 27.2 Å². The van der Waals surface area contributed by atoms with E-state index in [9.17, 15) is 13.9 Å². The zero-order valence-corrected chi connectivity index (χ0v) is 28.4. The maximum absolute atomic E-state index is 13.7. The smallest absolute Gasteiger partial charge is 0.248 e. The Labute approximate surface area is 264 Å². The van der Waals surface area contributed by atoms with Gasteiger partial charge in [0.25, 0.3) is 0 Å². The van der Waals surface area contributed by atoms with Crippen molar-refractivity contribution in [2.45, 2.75) is 142 Å². The molecule has 0 aromatic heterocycles. The Balaban J connectivity index is 0.000000862. The van der Waals surface area contributed by atoms with Crippen LogP contribution in [-0.4, -0.2) is 44.3 Å². The summed E-state index contributed by atoms with van der Waals surface area (Å²) in [6.07, 6.45) is 19.0. The summed E-state index contributed by atoms with van der Waals surface area (Å²) >= 11 is 0. The van der Waals surface area contributed by atoms with Gasteiger partial charge in [0.05, 0.1) is 12.4 Å². The van der Waals surface area contributed by atoms with E-state index in [2.05, 4.69) is 67.5 Å². The Morgan fingerprint density at radius 2 is 1.49 bits per heavy atom. The molecule has 0 amide bonds. The topological polar surface area (TPSA) is 53.5 Å². The minimum Gasteiger partial charge on any atom is -0.513 e. The van der Waals surface area contributed by atoms with Gasteiger partial charge in [0.15, 0.2) is 0 Å². The fourth-order valence-electron chi connectivity index (χ4n) is 4.89. The highest BCUT2D eigenvalue weighted by Crippen LogP contribution is 2.28. The van der Waals surface area contributed by atoms with Gasteiger partial charge in [-0.3, -0.25) is 0 Å². The minimum atomic E-state index is -2.46. The van der Waals surface area contributed by atoms with Gasteiger partial charge in [-0.2, -0.15) is 0 Å². The average molecular weight is 609 g/mol. The average Bonchev–Trinajstić information content (AvgIpc) is 2.99. The number of hydrogen-bond acceptors (Lipinski definition) is 4. The Hall–Kier alpha value is -1.92. The second-order valence-electron chi connectivity index (χ2n) is 11.9. The van der Waals surface area contributed by atoms with Crippen molar-refractivity contribution >= 4 is 0 Å². The van der Waals surface area contributed by atoms with Crippen LogP contribution < -0.4 is 15.4 Å². The van der Waals surface area contributed by atoms with Crippen LogP contribution in [0, 0.1) is 5.92 Å². The molecule has 1 aromatic rings. The van der Waals surface area contributed by atoms with Crippen molar-refractivity contribution in [3.05, 3.63) is 54.3 Å². The number of halogens is 2. The van der Waals surface area contributed by atoms with E-state index in [0.29, 0.717) is 18.9 Å². The Bertz CT molecular complexity index is 798. The van der Waals surface area contributed by atoms with Crippen LogP contribution in [0.5, 0.6) is 5.75 Å². The molecule has 1 aromatic carbocycles. The molecule has 1 rings (SSSR count). The molecule has 0 saturated heterocycles. The maximum atomic E-state index is 13.7. The number of nitrogens with one attached hydrogen (secondary N) is 2. The molecule has 0 bridgehead atoms. The van der Waals surface area contributed by atoms with Gasteiger partial charge in [0, 0.05) is 31.3 Å². The molecule has 2 unspecified atom stereocenters. The van der Waals surface area contributed by atoms with E-state index in [1.165, 1.54) is 12.0 Å². The predicted molar refractivity (Wildman–Crippen MR) is 183 cm³/mol. The largest absolute Gasteiger partial charge is 0.513 e. The quantitative estimate of drug-likeness (QED) is 0.0556. The molecule has 43 heavy (non-hydrogen) atoms. The molecule has 0 aliphatic heterocycles. The Morgan fingerprint density at radius 3 is 2.02 bits per heavy atom. The van der Waals surface area contributed by atoms with Crippen molar-refractivity contribution in [3.8, 4) is 5.75 Å². The fourth-order valence-corrected chi connectivity index (χ4v) is 4.89. The fraction of sp³-hybridized carbons (Fsp3) is 0.730. The zero-order chi connectivity index (χ0) is 32.2. The van der Waals surface area contributed by atoms with E-state index in [4.69, 9.17) is 4.74 Å². The number of aliphatic hydroxyl groups excluding tert-OH is 1. The molecule has 0 saturated carbocycles. The second kappa shape index (κ2) is 27.6. The second-order valence-corrected chi connectivity index (χ2v) is 11.9. The number of likely N-dealkylation sites (N-methyl/N-ethyl adjacent to an activating group) is 2. The number of aliphatic hydroxyl groups is 1. The van der Waals surface area contributed by atoms with Gasteiger partial charge in [-0.05, 0) is 83.2 Å². The highest BCUT2D eigenvalue weighted by atomic mass is 19.3. The number of hydrogen-bond donors (Lipinski definition) is 3. The maximum Gasteiger partial charge on any atom is 0.248 e. The monoisotopic (exact) mass is 609 g/mol. The highest BCUT2D eigenvalue weighted by molar-refractivity contribution is 5.27. The van der Waals surface area contributed by atoms with Crippen LogP contribution in [-0.2, 0) is 6.42 Å². The third kappa shape index (κ3) is 24.1. The predicted octanol–water partition coefficient (Wildman–Crippen LogP) is 10.6. The summed E-state index contributed by atoms with van der Waals surface area (Å²) in [6, 6.07) is 8.92. The lowest BCUT2D eigenvalue weighted by Gasteiger charge is -2.16. The van der Waals surface area contributed by atoms with Crippen molar-refractivity contribution in [2.24, 2.45) is 5.92 Å². The van der Waals surface area contributed by atoms with E-state index in [1.807, 2.05) is 21.0 Å².